The van der Waals surface area contributed by atoms with E-state index in [2.05, 4.69) is 15.5 Å². The average Bonchev–Trinajstić information content (AvgIpc) is 3.38. The van der Waals surface area contributed by atoms with Gasteiger partial charge < -0.3 is 35.8 Å². The van der Waals surface area contributed by atoms with E-state index in [1.165, 1.54) is 17.4 Å². The van der Waals surface area contributed by atoms with E-state index in [1.807, 2.05) is 19.1 Å². The van der Waals surface area contributed by atoms with Crippen molar-refractivity contribution in [2.75, 3.05) is 6.54 Å². The van der Waals surface area contributed by atoms with Gasteiger partial charge in [-0.05, 0) is 38.8 Å². The number of carboxylic acids is 1. The molecule has 1 aromatic carbocycles. The Morgan fingerprint density at radius 1 is 1.37 bits per heavy atom. The van der Waals surface area contributed by atoms with Gasteiger partial charge in [0.15, 0.2) is 5.82 Å². The Morgan fingerprint density at radius 3 is 2.60 bits per heavy atom. The van der Waals surface area contributed by atoms with Crippen LogP contribution in [0.5, 0.6) is 5.75 Å². The highest BCUT2D eigenvalue weighted by Gasteiger charge is 2.34. The number of carbonyl (C=O) groups is 2. The van der Waals surface area contributed by atoms with Crippen LogP contribution in [0.25, 0.3) is 0 Å². The quantitative estimate of drug-likeness (QED) is 0.470. The largest absolute Gasteiger partial charge is 0.508 e. The maximum Gasteiger partial charge on any atom is 0.326 e. The lowest BCUT2D eigenvalue weighted by atomic mass is 10.2. The number of carbonyl (C=O) groups excluding carboxylic acids is 1. The zero-order chi connectivity index (χ0) is 22.3. The first-order valence-corrected chi connectivity index (χ1v) is 9.48. The number of likely N-dealkylation sites (tertiary alicyclic amines) is 1. The van der Waals surface area contributed by atoms with Crippen LogP contribution >= 0.6 is 0 Å². The lowest BCUT2D eigenvalue weighted by Crippen LogP contribution is -2.45. The number of carboxylic acid groups (broad SMARTS) is 1. The molecular weight excluding hydrogens is 394 g/mol. The van der Waals surface area contributed by atoms with E-state index in [0.29, 0.717) is 25.1 Å². The molecule has 0 spiro atoms. The second-order valence-corrected chi connectivity index (χ2v) is 7.00. The van der Waals surface area contributed by atoms with Gasteiger partial charge >= 0.3 is 12.0 Å². The molecule has 1 saturated heterocycles. The minimum atomic E-state index is -1.02. The van der Waals surface area contributed by atoms with Crippen LogP contribution in [-0.2, 0) is 11.3 Å². The van der Waals surface area contributed by atoms with Gasteiger partial charge in [-0.1, -0.05) is 22.9 Å². The molecule has 3 atom stereocenters. The van der Waals surface area contributed by atoms with E-state index in [9.17, 15) is 14.7 Å². The third-order valence-electron chi connectivity index (χ3n) is 4.53. The molecule has 11 heteroatoms. The van der Waals surface area contributed by atoms with Crippen molar-refractivity contribution in [2.24, 2.45) is 5.73 Å². The first-order chi connectivity index (χ1) is 14.2. The Morgan fingerprint density at radius 2 is 2.03 bits per heavy atom. The molecule has 11 nitrogen and oxygen atoms in total. The molecule has 2 unspecified atom stereocenters. The van der Waals surface area contributed by atoms with Crippen molar-refractivity contribution in [3.05, 3.63) is 41.5 Å². The van der Waals surface area contributed by atoms with E-state index in [4.69, 9.17) is 20.5 Å². The monoisotopic (exact) mass is 421 g/mol. The Bertz CT molecular complexity index is 817. The summed E-state index contributed by atoms with van der Waals surface area (Å²) in [6, 6.07) is 5.02. The number of aromatic hydroxyl groups is 1. The lowest BCUT2D eigenvalue weighted by Gasteiger charge is -2.21. The topological polar surface area (TPSA) is 175 Å². The van der Waals surface area contributed by atoms with Crippen LogP contribution in [0, 0.1) is 6.92 Å². The number of aromatic nitrogens is 2. The highest BCUT2D eigenvalue weighted by Crippen LogP contribution is 2.17. The van der Waals surface area contributed by atoms with Crippen LogP contribution < -0.4 is 11.1 Å². The summed E-state index contributed by atoms with van der Waals surface area (Å²) >= 11 is 0. The lowest BCUT2D eigenvalue weighted by molar-refractivity contribution is -0.141. The molecule has 0 radical (unpaired) electrons. The third-order valence-corrected chi connectivity index (χ3v) is 4.53. The van der Waals surface area contributed by atoms with E-state index in [1.54, 1.807) is 12.1 Å². The molecule has 2 amide bonds. The van der Waals surface area contributed by atoms with E-state index in [-0.39, 0.29) is 18.3 Å². The SMILES string of the molecule is CC(O)C(N)c1noc(CNC(=O)N2CCC[C@H]2C(=O)O)n1.Cc1ccc(O)cc1. The van der Waals surface area contributed by atoms with Crippen LogP contribution in [0.3, 0.4) is 0 Å². The predicted octanol–water partition coefficient (Wildman–Crippen LogP) is 0.909. The number of phenols is 1. The van der Waals surface area contributed by atoms with Crippen molar-refractivity contribution in [3.63, 3.8) is 0 Å². The van der Waals surface area contributed by atoms with Crippen LogP contribution in [0.2, 0.25) is 0 Å². The van der Waals surface area contributed by atoms with Gasteiger partial charge in [0.05, 0.1) is 18.7 Å². The third kappa shape index (κ3) is 6.42. The highest BCUT2D eigenvalue weighted by atomic mass is 16.5. The number of rotatable bonds is 5. The van der Waals surface area contributed by atoms with Gasteiger partial charge in [0, 0.05) is 6.54 Å². The average molecular weight is 421 g/mol. The molecule has 1 aliphatic rings. The predicted molar refractivity (Wildman–Crippen MR) is 105 cm³/mol. The summed E-state index contributed by atoms with van der Waals surface area (Å²) in [5, 5.41) is 33.3. The number of hydrogen-bond acceptors (Lipinski definition) is 8. The second-order valence-electron chi connectivity index (χ2n) is 7.00. The molecular formula is C19H27N5O6. The summed E-state index contributed by atoms with van der Waals surface area (Å²) in [5.41, 5.74) is 6.83. The summed E-state index contributed by atoms with van der Waals surface area (Å²) in [4.78, 5) is 28.2. The van der Waals surface area contributed by atoms with Crippen LogP contribution in [0.15, 0.2) is 28.8 Å². The van der Waals surface area contributed by atoms with Gasteiger partial charge in [0.2, 0.25) is 5.89 Å². The van der Waals surface area contributed by atoms with E-state index >= 15 is 0 Å². The molecule has 6 N–H and O–H groups in total. The number of nitrogens with zero attached hydrogens (tertiary/aromatic N) is 3. The second kappa shape index (κ2) is 10.6. The van der Waals surface area contributed by atoms with Crippen molar-refractivity contribution in [3.8, 4) is 5.75 Å². The number of nitrogens with one attached hydrogen (secondary N) is 1. The molecule has 1 aromatic heterocycles. The molecule has 1 fully saturated rings. The molecule has 2 aromatic rings. The van der Waals surface area contributed by atoms with E-state index < -0.39 is 30.2 Å². The van der Waals surface area contributed by atoms with Gasteiger partial charge in [-0.3, -0.25) is 0 Å². The molecule has 0 bridgehead atoms. The highest BCUT2D eigenvalue weighted by molar-refractivity contribution is 5.83. The van der Waals surface area contributed by atoms with Crippen molar-refractivity contribution in [1.29, 1.82) is 0 Å². The van der Waals surface area contributed by atoms with Crippen LogP contribution in [0.4, 0.5) is 4.79 Å². The fraction of sp³-hybridized carbons (Fsp3) is 0.474. The fourth-order valence-electron chi connectivity index (χ4n) is 2.76. The van der Waals surface area contributed by atoms with Gasteiger partial charge in [0.25, 0.3) is 0 Å². The van der Waals surface area contributed by atoms with Crippen molar-refractivity contribution < 1.29 is 29.4 Å². The molecule has 0 saturated carbocycles. The number of aliphatic hydroxyl groups is 1. The summed E-state index contributed by atoms with van der Waals surface area (Å²) in [7, 11) is 0. The van der Waals surface area contributed by atoms with Crippen LogP contribution in [0.1, 0.15) is 43.1 Å². The molecule has 164 valence electrons. The number of phenolic OH excluding ortho intramolecular Hbond substituents is 1. The number of aliphatic carboxylic acids is 1. The van der Waals surface area contributed by atoms with Gasteiger partial charge in [-0.2, -0.15) is 4.98 Å². The Hall–Kier alpha value is -3.18. The zero-order valence-corrected chi connectivity index (χ0v) is 16.9. The molecule has 3 rings (SSSR count). The first-order valence-electron chi connectivity index (χ1n) is 9.48. The van der Waals surface area contributed by atoms with Gasteiger partial charge in [0.1, 0.15) is 11.8 Å². The van der Waals surface area contributed by atoms with Crippen molar-refractivity contribution in [1.82, 2.24) is 20.4 Å². The van der Waals surface area contributed by atoms with Crippen LogP contribution in [-0.4, -0.2) is 61.1 Å². The Labute approximate surface area is 173 Å². The zero-order valence-electron chi connectivity index (χ0n) is 16.9. The number of aliphatic hydroxyl groups excluding tert-OH is 1. The van der Waals surface area contributed by atoms with Crippen molar-refractivity contribution in [2.45, 2.75) is 51.4 Å². The van der Waals surface area contributed by atoms with Gasteiger partial charge in [-0.25, -0.2) is 9.59 Å². The number of hydrogen-bond donors (Lipinski definition) is 5. The molecule has 2 heterocycles. The van der Waals surface area contributed by atoms with E-state index in [0.717, 1.165) is 0 Å². The minimum absolute atomic E-state index is 0.0405. The molecule has 30 heavy (non-hydrogen) atoms. The minimum Gasteiger partial charge on any atom is -0.508 e. The number of amides is 2. The maximum absolute atomic E-state index is 12.0. The summed E-state index contributed by atoms with van der Waals surface area (Å²) < 4.78 is 4.92. The first kappa shape index (κ1) is 23.1. The Balaban J connectivity index is 0.000000335. The summed E-state index contributed by atoms with van der Waals surface area (Å²) in [6.07, 6.45) is 0.260. The molecule has 1 aliphatic heterocycles. The smallest absolute Gasteiger partial charge is 0.326 e. The van der Waals surface area contributed by atoms with Crippen molar-refractivity contribution >= 4 is 12.0 Å². The van der Waals surface area contributed by atoms with Gasteiger partial charge in [-0.15, -0.1) is 0 Å². The Kier molecular flexibility index (Phi) is 8.13. The standard InChI is InChI=1S/C12H19N5O5.C7H8O/c1-6(18)9(13)10-15-8(22-16-10)5-14-12(21)17-4-2-3-7(17)11(19)20;1-6-2-4-7(8)5-3-6/h6-7,9,18H,2-5,13H2,1H3,(H,14,21)(H,19,20);2-5,8H,1H3/t6?,7-,9?;/m0./s1. The number of nitrogens with two attached hydrogens (primary N) is 1. The summed E-state index contributed by atoms with van der Waals surface area (Å²) in [5.74, 6) is -0.416. The number of aryl methyl sites for hydroxylation is 1. The number of urea groups is 1. The fourth-order valence-corrected chi connectivity index (χ4v) is 2.76. The maximum atomic E-state index is 12.0. The summed E-state index contributed by atoms with van der Waals surface area (Å²) in [6.45, 7) is 3.84. The normalized spacial score (nSPS) is 17.6. The molecule has 0 aliphatic carbocycles. The number of benzene rings is 1.